The molecule has 1 amide bonds. The number of fused-ring (bicyclic) bond motifs is 1. The molecule has 1 spiro atoms. The van der Waals surface area contributed by atoms with Gasteiger partial charge in [0, 0.05) is 16.2 Å². The van der Waals surface area contributed by atoms with Gasteiger partial charge in [0.25, 0.3) is 0 Å². The molecule has 2 heterocycles. The first kappa shape index (κ1) is 18.5. The van der Waals surface area contributed by atoms with Crippen molar-refractivity contribution in [3.63, 3.8) is 0 Å². The highest BCUT2D eigenvalue weighted by Gasteiger charge is 2.70. The van der Waals surface area contributed by atoms with E-state index in [1.54, 1.807) is 0 Å². The Bertz CT molecular complexity index is 926. The summed E-state index contributed by atoms with van der Waals surface area (Å²) in [5.74, 6) is 1.03. The molecule has 1 saturated heterocycles. The van der Waals surface area contributed by atoms with E-state index in [-0.39, 0.29) is 23.0 Å². The Morgan fingerprint density at radius 1 is 1.29 bits per heavy atom. The van der Waals surface area contributed by atoms with E-state index in [0.717, 1.165) is 36.5 Å². The molecule has 2 atom stereocenters. The summed E-state index contributed by atoms with van der Waals surface area (Å²) in [6.07, 6.45) is 6.27. The number of hydrogen-bond donors (Lipinski definition) is 1. The van der Waals surface area contributed by atoms with Gasteiger partial charge in [-0.15, -0.1) is 0 Å². The summed E-state index contributed by atoms with van der Waals surface area (Å²) in [6.45, 7) is 6.63. The van der Waals surface area contributed by atoms with Crippen LogP contribution in [0.4, 0.5) is 4.79 Å². The molecule has 1 aromatic carbocycles. The van der Waals surface area contributed by atoms with Crippen LogP contribution in [0.5, 0.6) is 0 Å². The molecule has 1 aliphatic heterocycles. The van der Waals surface area contributed by atoms with Crippen molar-refractivity contribution in [3.8, 4) is 11.3 Å². The number of hydrogen-bond acceptors (Lipinski definition) is 3. The summed E-state index contributed by atoms with van der Waals surface area (Å²) in [6, 6.07) is 8.66. The van der Waals surface area contributed by atoms with Crippen LogP contribution in [0.3, 0.4) is 0 Å². The number of ether oxygens (including phenoxy) is 1. The number of nitrogens with zero attached hydrogens (tertiary/aromatic N) is 2. The lowest BCUT2D eigenvalue weighted by atomic mass is 9.84. The number of carbonyl (C=O) groups is 1. The van der Waals surface area contributed by atoms with E-state index in [1.165, 1.54) is 16.4 Å². The molecule has 1 unspecified atom stereocenters. The van der Waals surface area contributed by atoms with Gasteiger partial charge in [0.2, 0.25) is 0 Å². The quantitative estimate of drug-likeness (QED) is 0.594. The molecule has 2 saturated carbocycles. The third kappa shape index (κ3) is 3.13. The maximum atomic E-state index is 12.9. The summed E-state index contributed by atoms with van der Waals surface area (Å²) in [5.41, 5.74) is 1.96. The van der Waals surface area contributed by atoms with Gasteiger partial charge in [0.15, 0.2) is 0 Å². The Morgan fingerprint density at radius 3 is 2.64 bits per heavy atom. The minimum absolute atomic E-state index is 0.0346. The van der Waals surface area contributed by atoms with E-state index in [2.05, 4.69) is 51.8 Å². The van der Waals surface area contributed by atoms with Crippen molar-refractivity contribution in [2.75, 3.05) is 6.54 Å². The van der Waals surface area contributed by atoms with E-state index in [4.69, 9.17) is 9.72 Å². The van der Waals surface area contributed by atoms with Gasteiger partial charge in [-0.05, 0) is 92.2 Å². The Labute approximate surface area is 179 Å². The standard InChI is InChI=1S/C22H26IN3O2/c1-20(2,3)28-19(27)26-13-21(8-9-21)12-22(10-17(22)26)18-24-11-16(25-18)14-4-6-15(23)7-5-14/h4-7,11,17H,8-10,12-13H2,1-3H3,(H,24,25)/t17?,22-/m0/s1. The average Bonchev–Trinajstić information content (AvgIpc) is 3.49. The highest BCUT2D eigenvalue weighted by Crippen LogP contribution is 2.67. The lowest BCUT2D eigenvalue weighted by Crippen LogP contribution is -2.48. The van der Waals surface area contributed by atoms with Crippen LogP contribution >= 0.6 is 22.6 Å². The number of imidazole rings is 1. The molecule has 3 fully saturated rings. The molecule has 2 aliphatic carbocycles. The first-order chi connectivity index (χ1) is 13.2. The Balaban J connectivity index is 1.43. The zero-order valence-corrected chi connectivity index (χ0v) is 18.7. The molecule has 0 bridgehead atoms. The molecule has 1 N–H and O–H groups in total. The van der Waals surface area contributed by atoms with Gasteiger partial charge in [-0.1, -0.05) is 12.1 Å². The van der Waals surface area contributed by atoms with E-state index in [1.807, 2.05) is 31.9 Å². The van der Waals surface area contributed by atoms with Crippen molar-refractivity contribution in [1.29, 1.82) is 0 Å². The fourth-order valence-electron chi connectivity index (χ4n) is 4.79. The Hall–Kier alpha value is -1.57. The van der Waals surface area contributed by atoms with Crippen LogP contribution in [-0.4, -0.2) is 39.1 Å². The predicted octanol–water partition coefficient (Wildman–Crippen LogP) is 5.11. The number of benzene rings is 1. The lowest BCUT2D eigenvalue weighted by Gasteiger charge is -2.37. The van der Waals surface area contributed by atoms with Crippen molar-refractivity contribution in [2.24, 2.45) is 5.41 Å². The number of likely N-dealkylation sites (tertiary alicyclic amines) is 1. The number of carbonyl (C=O) groups excluding carboxylic acids is 1. The van der Waals surface area contributed by atoms with Crippen molar-refractivity contribution in [1.82, 2.24) is 14.9 Å². The molecular weight excluding hydrogens is 465 g/mol. The van der Waals surface area contributed by atoms with Gasteiger partial charge in [-0.2, -0.15) is 0 Å². The lowest BCUT2D eigenvalue weighted by molar-refractivity contribution is 0.0104. The second-order valence-corrected chi connectivity index (χ2v) is 11.1. The van der Waals surface area contributed by atoms with Gasteiger partial charge >= 0.3 is 6.09 Å². The third-order valence-corrected chi connectivity index (χ3v) is 7.11. The predicted molar refractivity (Wildman–Crippen MR) is 116 cm³/mol. The molecule has 6 heteroatoms. The molecule has 0 radical (unpaired) electrons. The first-order valence-corrected chi connectivity index (χ1v) is 11.1. The van der Waals surface area contributed by atoms with Crippen LogP contribution in [0.1, 0.15) is 52.3 Å². The van der Waals surface area contributed by atoms with Crippen molar-refractivity contribution in [3.05, 3.63) is 39.9 Å². The van der Waals surface area contributed by atoms with E-state index in [0.29, 0.717) is 0 Å². The summed E-state index contributed by atoms with van der Waals surface area (Å²) >= 11 is 2.32. The molecule has 5 nitrogen and oxygen atoms in total. The second-order valence-electron chi connectivity index (χ2n) is 9.81. The zero-order valence-electron chi connectivity index (χ0n) is 16.6. The topological polar surface area (TPSA) is 58.2 Å². The van der Waals surface area contributed by atoms with Gasteiger partial charge in [0.1, 0.15) is 11.4 Å². The van der Waals surface area contributed by atoms with Gasteiger partial charge in [-0.25, -0.2) is 9.78 Å². The monoisotopic (exact) mass is 491 g/mol. The number of halogens is 1. The van der Waals surface area contributed by atoms with Crippen molar-refractivity contribution >= 4 is 28.7 Å². The molecular formula is C22H26IN3O2. The van der Waals surface area contributed by atoms with Crippen LogP contribution in [-0.2, 0) is 10.2 Å². The van der Waals surface area contributed by atoms with Gasteiger partial charge in [0.05, 0.1) is 17.3 Å². The fourth-order valence-corrected chi connectivity index (χ4v) is 5.15. The molecule has 148 valence electrons. The number of H-pyrrole nitrogens is 1. The summed E-state index contributed by atoms with van der Waals surface area (Å²) < 4.78 is 6.94. The Kier molecular flexibility index (Phi) is 3.93. The van der Waals surface area contributed by atoms with Crippen LogP contribution in [0.15, 0.2) is 30.5 Å². The Morgan fingerprint density at radius 2 is 2.00 bits per heavy atom. The molecule has 5 rings (SSSR count). The van der Waals surface area contributed by atoms with Crippen molar-refractivity contribution < 1.29 is 9.53 Å². The molecule has 28 heavy (non-hydrogen) atoms. The van der Waals surface area contributed by atoms with Crippen LogP contribution in [0.2, 0.25) is 0 Å². The van der Waals surface area contributed by atoms with Gasteiger partial charge < -0.3 is 14.6 Å². The van der Waals surface area contributed by atoms with Crippen molar-refractivity contribution in [2.45, 2.75) is 63.5 Å². The zero-order chi connectivity index (χ0) is 19.7. The second kappa shape index (κ2) is 5.97. The van der Waals surface area contributed by atoms with Crippen LogP contribution in [0, 0.1) is 8.99 Å². The molecule has 1 aromatic heterocycles. The highest BCUT2D eigenvalue weighted by atomic mass is 127. The third-order valence-electron chi connectivity index (χ3n) is 6.40. The molecule has 3 aliphatic rings. The highest BCUT2D eigenvalue weighted by molar-refractivity contribution is 14.1. The first-order valence-electron chi connectivity index (χ1n) is 10.0. The van der Waals surface area contributed by atoms with E-state index in [9.17, 15) is 4.79 Å². The maximum Gasteiger partial charge on any atom is 0.410 e. The fraction of sp³-hybridized carbons (Fsp3) is 0.545. The number of aromatic amines is 1. The molecule has 2 aromatic rings. The van der Waals surface area contributed by atoms with E-state index >= 15 is 0 Å². The summed E-state index contributed by atoms with van der Waals surface area (Å²) in [5, 5.41) is 0. The number of amides is 1. The summed E-state index contributed by atoms with van der Waals surface area (Å²) in [7, 11) is 0. The smallest absolute Gasteiger partial charge is 0.410 e. The minimum atomic E-state index is -0.467. The normalized spacial score (nSPS) is 27.4. The number of aromatic nitrogens is 2. The van der Waals surface area contributed by atoms with E-state index < -0.39 is 5.60 Å². The van der Waals surface area contributed by atoms with Crippen LogP contribution in [0.25, 0.3) is 11.3 Å². The largest absolute Gasteiger partial charge is 0.444 e. The average molecular weight is 491 g/mol. The number of rotatable bonds is 2. The number of nitrogens with one attached hydrogen (secondary N) is 1. The van der Waals surface area contributed by atoms with Crippen LogP contribution < -0.4 is 0 Å². The maximum absolute atomic E-state index is 12.9. The SMILES string of the molecule is CC(C)(C)OC(=O)N1CC2(CC2)C[C@@]2(c3ncc(-c4ccc(I)cc4)[nH]3)CC12. The number of piperidine rings is 1. The summed E-state index contributed by atoms with van der Waals surface area (Å²) in [4.78, 5) is 23.2. The van der Waals surface area contributed by atoms with Gasteiger partial charge in [-0.3, -0.25) is 0 Å². The minimum Gasteiger partial charge on any atom is -0.444 e.